The summed E-state index contributed by atoms with van der Waals surface area (Å²) in [5.41, 5.74) is 8.38. The van der Waals surface area contributed by atoms with E-state index in [4.69, 9.17) is 5.73 Å². The molecule has 0 aliphatic heterocycles. The Bertz CT molecular complexity index is 724. The quantitative estimate of drug-likeness (QED) is 0.771. The van der Waals surface area contributed by atoms with Gasteiger partial charge >= 0.3 is 0 Å². The predicted octanol–water partition coefficient (Wildman–Crippen LogP) is 3.53. The van der Waals surface area contributed by atoms with Gasteiger partial charge in [0.25, 0.3) is 0 Å². The zero-order chi connectivity index (χ0) is 13.9. The van der Waals surface area contributed by atoms with Gasteiger partial charge in [0.15, 0.2) is 5.82 Å². The maximum Gasteiger partial charge on any atom is 0.161 e. The van der Waals surface area contributed by atoms with E-state index in [9.17, 15) is 4.39 Å². The van der Waals surface area contributed by atoms with Gasteiger partial charge in [-0.15, -0.1) is 0 Å². The lowest BCUT2D eigenvalue weighted by atomic mass is 10.1. The van der Waals surface area contributed by atoms with Crippen molar-refractivity contribution in [2.24, 2.45) is 0 Å². The number of nitrogens with two attached hydrogens (primary N) is 1. The minimum absolute atomic E-state index is 0.283. The number of nitrogens with zero attached hydrogens (tertiary/aromatic N) is 2. The lowest BCUT2D eigenvalue weighted by Gasteiger charge is -2.07. The lowest BCUT2D eigenvalue weighted by Crippen LogP contribution is -1.98. The van der Waals surface area contributed by atoms with Crippen molar-refractivity contribution < 1.29 is 4.39 Å². The fourth-order valence-electron chi connectivity index (χ4n) is 1.97. The Morgan fingerprint density at radius 1 is 0.850 bits per heavy atom. The number of anilines is 1. The highest BCUT2D eigenvalue weighted by molar-refractivity contribution is 5.74. The number of hydrogen-bond acceptors (Lipinski definition) is 3. The highest BCUT2D eigenvalue weighted by atomic mass is 19.1. The van der Waals surface area contributed by atoms with Crippen molar-refractivity contribution in [3.63, 3.8) is 0 Å². The molecule has 1 aromatic heterocycles. The van der Waals surface area contributed by atoms with Crippen LogP contribution in [0.4, 0.5) is 10.2 Å². The average Bonchev–Trinajstić information content (AvgIpc) is 2.49. The Balaban J connectivity index is 2.02. The van der Waals surface area contributed by atoms with Crippen LogP contribution in [0.3, 0.4) is 0 Å². The van der Waals surface area contributed by atoms with E-state index in [0.29, 0.717) is 17.2 Å². The molecule has 0 spiro atoms. The highest BCUT2D eigenvalue weighted by Gasteiger charge is 2.08. The van der Waals surface area contributed by atoms with Crippen molar-refractivity contribution >= 4 is 5.82 Å². The third-order valence-corrected chi connectivity index (χ3v) is 3.01. The second-order valence-electron chi connectivity index (χ2n) is 4.37. The molecule has 0 saturated heterocycles. The fourth-order valence-corrected chi connectivity index (χ4v) is 1.97. The van der Waals surface area contributed by atoms with Crippen molar-refractivity contribution in [1.82, 2.24) is 9.97 Å². The molecule has 20 heavy (non-hydrogen) atoms. The molecule has 0 bridgehead atoms. The van der Waals surface area contributed by atoms with Crippen LogP contribution in [0.15, 0.2) is 60.8 Å². The van der Waals surface area contributed by atoms with Crippen LogP contribution in [-0.4, -0.2) is 9.97 Å². The van der Waals surface area contributed by atoms with Gasteiger partial charge in [0.1, 0.15) is 11.6 Å². The summed E-state index contributed by atoms with van der Waals surface area (Å²) in [5, 5.41) is 0. The Labute approximate surface area is 115 Å². The SMILES string of the molecule is Nc1nc(-c2ccccc2)ncc1-c1ccc(F)cc1. The van der Waals surface area contributed by atoms with Gasteiger partial charge in [0.05, 0.1) is 0 Å². The summed E-state index contributed by atoms with van der Waals surface area (Å²) in [6.45, 7) is 0. The molecule has 0 radical (unpaired) electrons. The molecule has 3 nitrogen and oxygen atoms in total. The van der Waals surface area contributed by atoms with Crippen LogP contribution in [0.5, 0.6) is 0 Å². The van der Waals surface area contributed by atoms with Crippen molar-refractivity contribution in [3.05, 3.63) is 66.6 Å². The van der Waals surface area contributed by atoms with Crippen LogP contribution >= 0.6 is 0 Å². The van der Waals surface area contributed by atoms with E-state index in [-0.39, 0.29) is 5.82 Å². The van der Waals surface area contributed by atoms with Crippen LogP contribution in [0, 0.1) is 5.82 Å². The third kappa shape index (κ3) is 2.36. The molecular weight excluding hydrogens is 253 g/mol. The summed E-state index contributed by atoms with van der Waals surface area (Å²) in [5.74, 6) is 0.675. The van der Waals surface area contributed by atoms with E-state index >= 15 is 0 Å². The molecule has 1 heterocycles. The normalized spacial score (nSPS) is 10.4. The molecule has 2 N–H and O–H groups in total. The monoisotopic (exact) mass is 265 g/mol. The second-order valence-corrected chi connectivity index (χ2v) is 4.37. The maximum absolute atomic E-state index is 12.9. The van der Waals surface area contributed by atoms with Crippen LogP contribution in [0.25, 0.3) is 22.5 Å². The molecule has 3 aromatic rings. The first kappa shape index (κ1) is 12.3. The van der Waals surface area contributed by atoms with Crippen molar-refractivity contribution in [3.8, 4) is 22.5 Å². The van der Waals surface area contributed by atoms with Crippen LogP contribution in [-0.2, 0) is 0 Å². The van der Waals surface area contributed by atoms with Gasteiger partial charge in [-0.25, -0.2) is 14.4 Å². The molecule has 0 saturated carbocycles. The van der Waals surface area contributed by atoms with Crippen LogP contribution < -0.4 is 5.73 Å². The number of hydrogen-bond donors (Lipinski definition) is 1. The van der Waals surface area contributed by atoms with Crippen LogP contribution in [0.2, 0.25) is 0 Å². The summed E-state index contributed by atoms with van der Waals surface area (Å²) >= 11 is 0. The minimum Gasteiger partial charge on any atom is -0.383 e. The van der Waals surface area contributed by atoms with E-state index in [2.05, 4.69) is 9.97 Å². The molecule has 0 aliphatic rings. The molecule has 98 valence electrons. The molecule has 4 heteroatoms. The summed E-state index contributed by atoms with van der Waals surface area (Å²) < 4.78 is 12.9. The molecule has 0 fully saturated rings. The first-order chi connectivity index (χ1) is 9.74. The van der Waals surface area contributed by atoms with E-state index in [1.165, 1.54) is 12.1 Å². The molecule has 3 rings (SSSR count). The number of rotatable bonds is 2. The van der Waals surface area contributed by atoms with Crippen molar-refractivity contribution in [1.29, 1.82) is 0 Å². The molecule has 2 aromatic carbocycles. The zero-order valence-corrected chi connectivity index (χ0v) is 10.6. The zero-order valence-electron chi connectivity index (χ0n) is 10.6. The van der Waals surface area contributed by atoms with Gasteiger partial charge in [-0.05, 0) is 17.7 Å². The minimum atomic E-state index is -0.283. The number of aromatic nitrogens is 2. The number of benzene rings is 2. The van der Waals surface area contributed by atoms with Gasteiger partial charge in [0, 0.05) is 17.3 Å². The third-order valence-electron chi connectivity index (χ3n) is 3.01. The maximum atomic E-state index is 12.9. The predicted molar refractivity (Wildman–Crippen MR) is 77.3 cm³/mol. The molecular formula is C16H12FN3. The molecule has 0 amide bonds. The van der Waals surface area contributed by atoms with Crippen molar-refractivity contribution in [2.45, 2.75) is 0 Å². The van der Waals surface area contributed by atoms with Gasteiger partial charge in [0.2, 0.25) is 0 Å². The molecule has 0 aliphatic carbocycles. The van der Waals surface area contributed by atoms with E-state index in [0.717, 1.165) is 11.1 Å². The molecule has 0 atom stereocenters. The summed E-state index contributed by atoms with van der Waals surface area (Å²) in [4.78, 5) is 8.64. The van der Waals surface area contributed by atoms with E-state index in [1.807, 2.05) is 30.3 Å². The van der Waals surface area contributed by atoms with E-state index < -0.39 is 0 Å². The van der Waals surface area contributed by atoms with Gasteiger partial charge in [-0.3, -0.25) is 0 Å². The average molecular weight is 265 g/mol. The first-order valence-electron chi connectivity index (χ1n) is 6.18. The first-order valence-corrected chi connectivity index (χ1v) is 6.18. The Hall–Kier alpha value is -2.75. The fraction of sp³-hybridized carbons (Fsp3) is 0. The topological polar surface area (TPSA) is 51.8 Å². The van der Waals surface area contributed by atoms with Gasteiger partial charge in [-0.2, -0.15) is 0 Å². The Morgan fingerprint density at radius 3 is 2.20 bits per heavy atom. The van der Waals surface area contributed by atoms with E-state index in [1.54, 1.807) is 18.3 Å². The lowest BCUT2D eigenvalue weighted by molar-refractivity contribution is 0.628. The van der Waals surface area contributed by atoms with Gasteiger partial charge in [-0.1, -0.05) is 42.5 Å². The second kappa shape index (κ2) is 5.09. The summed E-state index contributed by atoms with van der Waals surface area (Å²) in [6.07, 6.45) is 1.66. The number of halogens is 1. The smallest absolute Gasteiger partial charge is 0.161 e. The highest BCUT2D eigenvalue weighted by Crippen LogP contribution is 2.26. The summed E-state index contributed by atoms with van der Waals surface area (Å²) in [7, 11) is 0. The molecule has 0 unspecified atom stereocenters. The number of nitrogen functional groups attached to an aromatic ring is 1. The Morgan fingerprint density at radius 2 is 1.55 bits per heavy atom. The Kier molecular flexibility index (Phi) is 3.13. The largest absolute Gasteiger partial charge is 0.383 e. The summed E-state index contributed by atoms with van der Waals surface area (Å²) in [6, 6.07) is 15.7. The standard InChI is InChI=1S/C16H12FN3/c17-13-8-6-11(7-9-13)14-10-19-16(20-15(14)18)12-4-2-1-3-5-12/h1-10H,(H2,18,19,20). The van der Waals surface area contributed by atoms with Gasteiger partial charge < -0.3 is 5.73 Å². The van der Waals surface area contributed by atoms with Crippen LogP contribution in [0.1, 0.15) is 0 Å². The van der Waals surface area contributed by atoms with Crippen molar-refractivity contribution in [2.75, 3.05) is 5.73 Å².